The van der Waals surface area contributed by atoms with Crippen molar-refractivity contribution in [1.29, 1.82) is 0 Å². The van der Waals surface area contributed by atoms with Crippen LogP contribution in [-0.4, -0.2) is 35.4 Å². The van der Waals surface area contributed by atoms with Crippen molar-refractivity contribution < 1.29 is 9.53 Å². The van der Waals surface area contributed by atoms with E-state index in [1.54, 1.807) is 18.7 Å². The molecule has 1 amide bonds. The van der Waals surface area contributed by atoms with E-state index in [1.807, 2.05) is 0 Å². The maximum absolute atomic E-state index is 11.4. The average Bonchev–Trinajstić information content (AvgIpc) is 2.87. The number of carbonyl (C=O) groups excluding carboxylic acids is 1. The Labute approximate surface area is 106 Å². The molecule has 0 radical (unpaired) electrons. The highest BCUT2D eigenvalue weighted by Gasteiger charge is 2.20. The first-order chi connectivity index (χ1) is 8.59. The van der Waals surface area contributed by atoms with Gasteiger partial charge in [-0.3, -0.25) is 4.79 Å². The summed E-state index contributed by atoms with van der Waals surface area (Å²) in [5.41, 5.74) is 6.34. The van der Waals surface area contributed by atoms with Crippen LogP contribution in [0.2, 0.25) is 0 Å². The maximum atomic E-state index is 11.4. The number of carbonyl (C=O) groups is 1. The van der Waals surface area contributed by atoms with Gasteiger partial charge in [-0.15, -0.1) is 0 Å². The van der Waals surface area contributed by atoms with Crippen molar-refractivity contribution in [3.05, 3.63) is 11.3 Å². The van der Waals surface area contributed by atoms with Gasteiger partial charge in [-0.1, -0.05) is 0 Å². The van der Waals surface area contributed by atoms with Crippen molar-refractivity contribution in [3.63, 3.8) is 0 Å². The third-order valence-corrected chi connectivity index (χ3v) is 3.34. The molecule has 1 atom stereocenters. The summed E-state index contributed by atoms with van der Waals surface area (Å²) < 4.78 is 7.26. The monoisotopic (exact) mass is 252 g/mol. The van der Waals surface area contributed by atoms with Crippen molar-refractivity contribution >= 4 is 5.91 Å². The number of nitrogens with two attached hydrogens (primary N) is 1. The van der Waals surface area contributed by atoms with Crippen molar-refractivity contribution in [1.82, 2.24) is 15.1 Å². The molecule has 1 aromatic rings. The zero-order valence-corrected chi connectivity index (χ0v) is 10.9. The molecule has 0 spiro atoms. The van der Waals surface area contributed by atoms with E-state index in [0.29, 0.717) is 29.7 Å². The molecule has 1 aliphatic rings. The van der Waals surface area contributed by atoms with Crippen LogP contribution in [0.3, 0.4) is 0 Å². The fourth-order valence-electron chi connectivity index (χ4n) is 2.37. The van der Waals surface area contributed by atoms with Crippen molar-refractivity contribution in [2.45, 2.75) is 19.8 Å². The van der Waals surface area contributed by atoms with Gasteiger partial charge >= 0.3 is 0 Å². The first-order valence-corrected chi connectivity index (χ1v) is 6.26. The average molecular weight is 252 g/mol. The predicted molar refractivity (Wildman–Crippen MR) is 67.6 cm³/mol. The number of nitrogens with one attached hydrogen (secondary N) is 1. The Balaban J connectivity index is 1.97. The molecule has 2 heterocycles. The number of amides is 1. The van der Waals surface area contributed by atoms with Gasteiger partial charge in [0.05, 0.1) is 12.3 Å². The Hall–Kier alpha value is -1.56. The molecule has 100 valence electrons. The van der Waals surface area contributed by atoms with Gasteiger partial charge in [0.2, 0.25) is 5.88 Å². The summed E-state index contributed by atoms with van der Waals surface area (Å²) in [4.78, 5) is 11.4. The normalized spacial score (nSPS) is 19.1. The SMILES string of the molecule is Cc1nn(C)c(OCCC2CCNC2)c1C(N)=O. The van der Waals surface area contributed by atoms with Crippen LogP contribution in [0.15, 0.2) is 0 Å². The molecule has 6 nitrogen and oxygen atoms in total. The number of primary amides is 1. The molecule has 2 rings (SSSR count). The molecular weight excluding hydrogens is 232 g/mol. The van der Waals surface area contributed by atoms with E-state index < -0.39 is 5.91 Å². The Kier molecular flexibility index (Phi) is 3.86. The van der Waals surface area contributed by atoms with E-state index in [-0.39, 0.29) is 0 Å². The minimum Gasteiger partial charge on any atom is -0.477 e. The molecular formula is C12H20N4O2. The molecule has 1 aromatic heterocycles. The number of nitrogens with zero attached hydrogens (tertiary/aromatic N) is 2. The fraction of sp³-hybridized carbons (Fsp3) is 0.667. The molecule has 1 fully saturated rings. The third kappa shape index (κ3) is 2.64. The summed E-state index contributed by atoms with van der Waals surface area (Å²) in [6, 6.07) is 0. The summed E-state index contributed by atoms with van der Waals surface area (Å²) >= 11 is 0. The number of hydrogen-bond acceptors (Lipinski definition) is 4. The van der Waals surface area contributed by atoms with Gasteiger partial charge in [-0.05, 0) is 38.8 Å². The Morgan fingerprint density at radius 3 is 3.06 bits per heavy atom. The number of hydrogen-bond donors (Lipinski definition) is 2. The molecule has 0 aliphatic carbocycles. The van der Waals surface area contributed by atoms with E-state index in [9.17, 15) is 4.79 Å². The predicted octanol–water partition coefficient (Wildman–Crippen LogP) is 0.206. The Morgan fingerprint density at radius 2 is 2.44 bits per heavy atom. The zero-order chi connectivity index (χ0) is 13.1. The number of ether oxygens (including phenoxy) is 1. The topological polar surface area (TPSA) is 82.2 Å². The highest BCUT2D eigenvalue weighted by atomic mass is 16.5. The summed E-state index contributed by atoms with van der Waals surface area (Å²) in [7, 11) is 1.76. The Bertz CT molecular complexity index is 436. The second-order valence-electron chi connectivity index (χ2n) is 4.75. The second kappa shape index (κ2) is 5.39. The lowest BCUT2D eigenvalue weighted by Crippen LogP contribution is -2.16. The number of aryl methyl sites for hydroxylation is 2. The third-order valence-electron chi connectivity index (χ3n) is 3.34. The van der Waals surface area contributed by atoms with Crippen LogP contribution in [-0.2, 0) is 7.05 Å². The van der Waals surface area contributed by atoms with Crippen molar-refractivity contribution in [2.24, 2.45) is 18.7 Å². The van der Waals surface area contributed by atoms with E-state index in [1.165, 1.54) is 6.42 Å². The first kappa shape index (κ1) is 12.9. The summed E-state index contributed by atoms with van der Waals surface area (Å²) in [5, 5.41) is 7.48. The maximum Gasteiger partial charge on any atom is 0.256 e. The van der Waals surface area contributed by atoms with E-state index >= 15 is 0 Å². The first-order valence-electron chi connectivity index (χ1n) is 6.26. The van der Waals surface area contributed by atoms with Gasteiger partial charge in [0.25, 0.3) is 5.91 Å². The summed E-state index contributed by atoms with van der Waals surface area (Å²) in [6.45, 7) is 4.48. The van der Waals surface area contributed by atoms with E-state index in [4.69, 9.17) is 10.5 Å². The highest BCUT2D eigenvalue weighted by molar-refractivity contribution is 5.96. The fourth-order valence-corrected chi connectivity index (χ4v) is 2.37. The van der Waals surface area contributed by atoms with Crippen molar-refractivity contribution in [3.8, 4) is 5.88 Å². The highest BCUT2D eigenvalue weighted by Crippen LogP contribution is 2.21. The van der Waals surface area contributed by atoms with E-state index in [2.05, 4.69) is 10.4 Å². The van der Waals surface area contributed by atoms with Crippen LogP contribution < -0.4 is 15.8 Å². The molecule has 6 heteroatoms. The van der Waals surface area contributed by atoms with E-state index in [0.717, 1.165) is 19.5 Å². The molecule has 1 unspecified atom stereocenters. The largest absolute Gasteiger partial charge is 0.477 e. The van der Waals surface area contributed by atoms with Crippen LogP contribution in [0.4, 0.5) is 0 Å². The minimum absolute atomic E-state index is 0.391. The van der Waals surface area contributed by atoms with Gasteiger partial charge in [0.1, 0.15) is 5.56 Å². The van der Waals surface area contributed by atoms with Gasteiger partial charge < -0.3 is 15.8 Å². The van der Waals surface area contributed by atoms with Gasteiger partial charge in [-0.2, -0.15) is 5.10 Å². The standard InChI is InChI=1S/C12H20N4O2/c1-8-10(11(13)17)12(16(2)15-8)18-6-4-9-3-5-14-7-9/h9,14H,3-7H2,1-2H3,(H2,13,17). The van der Waals surface area contributed by atoms with Gasteiger partial charge in [-0.25, -0.2) is 4.68 Å². The molecule has 0 saturated carbocycles. The van der Waals surface area contributed by atoms with Crippen LogP contribution in [0, 0.1) is 12.8 Å². The van der Waals surface area contributed by atoms with Crippen LogP contribution in [0.25, 0.3) is 0 Å². The molecule has 3 N–H and O–H groups in total. The van der Waals surface area contributed by atoms with Crippen LogP contribution in [0.5, 0.6) is 5.88 Å². The molecule has 1 aliphatic heterocycles. The van der Waals surface area contributed by atoms with Crippen molar-refractivity contribution in [2.75, 3.05) is 19.7 Å². The lowest BCUT2D eigenvalue weighted by atomic mass is 10.1. The summed E-state index contributed by atoms with van der Waals surface area (Å²) in [5.74, 6) is 0.653. The van der Waals surface area contributed by atoms with Crippen LogP contribution in [0.1, 0.15) is 28.9 Å². The summed E-state index contributed by atoms with van der Waals surface area (Å²) in [6.07, 6.45) is 2.17. The van der Waals surface area contributed by atoms with Crippen LogP contribution >= 0.6 is 0 Å². The lowest BCUT2D eigenvalue weighted by molar-refractivity contribution is 0.0995. The number of aromatic nitrogens is 2. The quantitative estimate of drug-likeness (QED) is 0.784. The Morgan fingerprint density at radius 1 is 1.67 bits per heavy atom. The zero-order valence-electron chi connectivity index (χ0n) is 10.9. The molecule has 0 aromatic carbocycles. The lowest BCUT2D eigenvalue weighted by Gasteiger charge is -2.10. The minimum atomic E-state index is -0.488. The molecule has 0 bridgehead atoms. The molecule has 1 saturated heterocycles. The smallest absolute Gasteiger partial charge is 0.256 e. The van der Waals surface area contributed by atoms with Gasteiger partial charge in [0.15, 0.2) is 0 Å². The van der Waals surface area contributed by atoms with Gasteiger partial charge in [0, 0.05) is 7.05 Å². The number of rotatable bonds is 5. The molecule has 18 heavy (non-hydrogen) atoms. The second-order valence-corrected chi connectivity index (χ2v) is 4.75.